The van der Waals surface area contributed by atoms with Crippen LogP contribution in [-0.2, 0) is 16.0 Å². The number of carbonyl (C=O) groups excluding carboxylic acids is 1. The fraction of sp³-hybridized carbons (Fsp3) is 0.286. The van der Waals surface area contributed by atoms with Crippen molar-refractivity contribution in [2.24, 2.45) is 0 Å². The van der Waals surface area contributed by atoms with E-state index in [9.17, 15) is 19.7 Å². The van der Waals surface area contributed by atoms with Gasteiger partial charge in [0.2, 0.25) is 5.91 Å². The normalized spacial score (nSPS) is 12.1. The Morgan fingerprint density at radius 3 is 2.68 bits per heavy atom. The minimum atomic E-state index is -1.12. The fourth-order valence-corrected chi connectivity index (χ4v) is 2.21. The molecule has 8 heteroatoms. The van der Waals surface area contributed by atoms with E-state index in [4.69, 9.17) is 5.11 Å². The van der Waals surface area contributed by atoms with Gasteiger partial charge >= 0.3 is 5.97 Å². The van der Waals surface area contributed by atoms with Crippen molar-refractivity contribution in [1.82, 2.24) is 5.32 Å². The molecule has 0 aliphatic rings. The van der Waals surface area contributed by atoms with Crippen LogP contribution in [-0.4, -0.2) is 27.9 Å². The van der Waals surface area contributed by atoms with E-state index in [0.717, 1.165) is 0 Å². The molecule has 0 fully saturated rings. The van der Waals surface area contributed by atoms with Crippen LogP contribution in [0.5, 0.6) is 0 Å². The van der Waals surface area contributed by atoms with Gasteiger partial charge in [-0.1, -0.05) is 34.1 Å². The van der Waals surface area contributed by atoms with E-state index >= 15 is 0 Å². The molecule has 0 radical (unpaired) electrons. The van der Waals surface area contributed by atoms with Crippen molar-refractivity contribution in [3.05, 3.63) is 50.5 Å². The second kappa shape index (κ2) is 8.28. The molecule has 118 valence electrons. The largest absolute Gasteiger partial charge is 0.480 e. The van der Waals surface area contributed by atoms with Gasteiger partial charge in [-0.3, -0.25) is 14.9 Å². The van der Waals surface area contributed by atoms with Gasteiger partial charge in [0, 0.05) is 16.6 Å². The summed E-state index contributed by atoms with van der Waals surface area (Å²) in [4.78, 5) is 33.1. The number of benzene rings is 1. The van der Waals surface area contributed by atoms with Crippen molar-refractivity contribution in [2.75, 3.05) is 0 Å². The fourth-order valence-electron chi connectivity index (χ4n) is 1.71. The van der Waals surface area contributed by atoms with Gasteiger partial charge in [0.15, 0.2) is 0 Å². The monoisotopic (exact) mass is 370 g/mol. The zero-order valence-corrected chi connectivity index (χ0v) is 13.4. The van der Waals surface area contributed by atoms with Crippen molar-refractivity contribution in [3.8, 4) is 0 Å². The molecular weight excluding hydrogens is 356 g/mol. The molecular formula is C14H15BrN2O5. The number of nitrogens with one attached hydrogen (secondary N) is 1. The first-order valence-corrected chi connectivity index (χ1v) is 7.20. The highest BCUT2D eigenvalue weighted by Crippen LogP contribution is 2.23. The highest BCUT2D eigenvalue weighted by molar-refractivity contribution is 9.10. The first-order valence-electron chi connectivity index (χ1n) is 6.41. The molecule has 0 aromatic heterocycles. The van der Waals surface area contributed by atoms with Crippen molar-refractivity contribution < 1.29 is 19.6 Å². The number of allylic oxidation sites excluding steroid dienone is 1. The van der Waals surface area contributed by atoms with E-state index in [1.807, 2.05) is 0 Å². The molecule has 1 rings (SSSR count). The molecule has 1 aromatic carbocycles. The van der Waals surface area contributed by atoms with Crippen LogP contribution in [0.15, 0.2) is 34.8 Å². The molecule has 0 bridgehead atoms. The predicted octanol–water partition coefficient (Wildman–Crippen LogP) is 2.44. The summed E-state index contributed by atoms with van der Waals surface area (Å²) in [5, 5.41) is 22.1. The number of nitrogens with zero attached hydrogens (tertiary/aromatic N) is 1. The third-order valence-corrected chi connectivity index (χ3v) is 3.58. The van der Waals surface area contributed by atoms with Crippen molar-refractivity contribution in [1.29, 1.82) is 0 Å². The minimum absolute atomic E-state index is 0.0712. The molecule has 1 atom stereocenters. The minimum Gasteiger partial charge on any atom is -0.480 e. The number of carboxylic acids is 1. The lowest BCUT2D eigenvalue weighted by Crippen LogP contribution is -2.41. The third kappa shape index (κ3) is 5.28. The second-order valence-corrected chi connectivity index (χ2v) is 5.33. The van der Waals surface area contributed by atoms with E-state index in [-0.39, 0.29) is 18.5 Å². The Morgan fingerprint density at radius 2 is 2.18 bits per heavy atom. The van der Waals surface area contributed by atoms with Gasteiger partial charge in [-0.25, -0.2) is 4.79 Å². The number of rotatable bonds is 7. The SMILES string of the molecule is C/C=C/CC(NC(=O)Cc1ccc([N+](=O)[O-])cc1Br)C(=O)O. The summed E-state index contributed by atoms with van der Waals surface area (Å²) in [5.41, 5.74) is 0.450. The first-order chi connectivity index (χ1) is 10.3. The van der Waals surface area contributed by atoms with E-state index < -0.39 is 22.8 Å². The Balaban J connectivity index is 2.75. The van der Waals surface area contributed by atoms with Crippen LogP contribution in [0.2, 0.25) is 0 Å². The smallest absolute Gasteiger partial charge is 0.326 e. The number of hydrogen-bond donors (Lipinski definition) is 2. The number of non-ortho nitro benzene ring substituents is 1. The summed E-state index contributed by atoms with van der Waals surface area (Å²) >= 11 is 3.17. The number of nitro groups is 1. The van der Waals surface area contributed by atoms with E-state index in [1.54, 1.807) is 19.1 Å². The molecule has 0 spiro atoms. The molecule has 0 saturated carbocycles. The van der Waals surface area contributed by atoms with Crippen LogP contribution in [0.4, 0.5) is 5.69 Å². The topological polar surface area (TPSA) is 110 Å². The number of aliphatic carboxylic acids is 1. The summed E-state index contributed by atoms with van der Waals surface area (Å²) < 4.78 is 0.428. The van der Waals surface area contributed by atoms with Gasteiger partial charge < -0.3 is 10.4 Å². The number of amides is 1. The van der Waals surface area contributed by atoms with Gasteiger partial charge in [0.25, 0.3) is 5.69 Å². The summed E-state index contributed by atoms with van der Waals surface area (Å²) in [6.07, 6.45) is 3.48. The lowest BCUT2D eigenvalue weighted by Gasteiger charge is -2.13. The maximum absolute atomic E-state index is 11.9. The molecule has 2 N–H and O–H groups in total. The van der Waals surface area contributed by atoms with Gasteiger partial charge in [0.1, 0.15) is 6.04 Å². The number of carbonyl (C=O) groups is 2. The first kappa shape index (κ1) is 17.8. The zero-order valence-electron chi connectivity index (χ0n) is 11.8. The van der Waals surface area contributed by atoms with Crippen molar-refractivity contribution in [3.63, 3.8) is 0 Å². The van der Waals surface area contributed by atoms with Crippen LogP contribution >= 0.6 is 15.9 Å². The van der Waals surface area contributed by atoms with Gasteiger partial charge in [-0.2, -0.15) is 0 Å². The Kier molecular flexibility index (Phi) is 6.71. The quantitative estimate of drug-likeness (QED) is 0.435. The number of carboxylic acid groups (broad SMARTS) is 1. The lowest BCUT2D eigenvalue weighted by atomic mass is 10.1. The van der Waals surface area contributed by atoms with Gasteiger partial charge in [0.05, 0.1) is 11.3 Å². The third-order valence-electron chi connectivity index (χ3n) is 2.84. The van der Waals surface area contributed by atoms with Crippen LogP contribution < -0.4 is 5.32 Å². The molecule has 1 aromatic rings. The van der Waals surface area contributed by atoms with Crippen molar-refractivity contribution in [2.45, 2.75) is 25.8 Å². The van der Waals surface area contributed by atoms with Crippen LogP contribution in [0.3, 0.4) is 0 Å². The van der Waals surface area contributed by atoms with Crippen molar-refractivity contribution >= 4 is 33.5 Å². The molecule has 0 heterocycles. The van der Waals surface area contributed by atoms with Gasteiger partial charge in [-0.05, 0) is 18.9 Å². The highest BCUT2D eigenvalue weighted by Gasteiger charge is 2.19. The molecule has 1 amide bonds. The van der Waals surface area contributed by atoms with Crippen LogP contribution in [0.1, 0.15) is 18.9 Å². The summed E-state index contributed by atoms with van der Waals surface area (Å²) in [6.45, 7) is 1.76. The number of hydrogen-bond acceptors (Lipinski definition) is 4. The molecule has 0 aliphatic carbocycles. The maximum atomic E-state index is 11.9. The standard InChI is InChI=1S/C14H15BrN2O5/c1-2-3-4-12(14(19)20)16-13(18)7-9-5-6-10(17(21)22)8-11(9)15/h2-3,5-6,8,12H,4,7H2,1H3,(H,16,18)(H,19,20)/b3-2+. The Morgan fingerprint density at radius 1 is 1.50 bits per heavy atom. The van der Waals surface area contributed by atoms with E-state index in [0.29, 0.717) is 10.0 Å². The predicted molar refractivity (Wildman–Crippen MR) is 83.5 cm³/mol. The zero-order chi connectivity index (χ0) is 16.7. The average Bonchev–Trinajstić information content (AvgIpc) is 2.45. The lowest BCUT2D eigenvalue weighted by molar-refractivity contribution is -0.384. The van der Waals surface area contributed by atoms with Crippen LogP contribution in [0.25, 0.3) is 0 Å². The highest BCUT2D eigenvalue weighted by atomic mass is 79.9. The molecule has 0 saturated heterocycles. The Bertz CT molecular complexity index is 615. The Hall–Kier alpha value is -2.22. The maximum Gasteiger partial charge on any atom is 0.326 e. The van der Waals surface area contributed by atoms with E-state index in [2.05, 4.69) is 21.2 Å². The molecule has 7 nitrogen and oxygen atoms in total. The summed E-state index contributed by atoms with van der Waals surface area (Å²) in [5.74, 6) is -1.58. The summed E-state index contributed by atoms with van der Waals surface area (Å²) in [6, 6.07) is 3.06. The number of halogens is 1. The van der Waals surface area contributed by atoms with Gasteiger partial charge in [-0.15, -0.1) is 0 Å². The molecule has 1 unspecified atom stereocenters. The molecule has 0 aliphatic heterocycles. The van der Waals surface area contributed by atoms with E-state index in [1.165, 1.54) is 18.2 Å². The Labute approximate surface area is 135 Å². The summed E-state index contributed by atoms with van der Waals surface area (Å²) in [7, 11) is 0. The van der Waals surface area contributed by atoms with Crippen LogP contribution in [0, 0.1) is 10.1 Å². The second-order valence-electron chi connectivity index (χ2n) is 4.47. The number of nitro benzene ring substituents is 1. The average molecular weight is 371 g/mol. The molecule has 22 heavy (non-hydrogen) atoms.